The predicted octanol–water partition coefficient (Wildman–Crippen LogP) is 4.24. The predicted molar refractivity (Wildman–Crippen MR) is 124 cm³/mol. The lowest BCUT2D eigenvalue weighted by Crippen LogP contribution is -2.38. The van der Waals surface area contributed by atoms with Gasteiger partial charge in [-0.05, 0) is 37.3 Å². The largest absolute Gasteiger partial charge is 0.461 e. The van der Waals surface area contributed by atoms with Crippen LogP contribution in [-0.4, -0.2) is 40.8 Å². The number of alkyl halides is 2. The average molecular weight is 567 g/mol. The number of halogens is 4. The molecule has 0 aliphatic rings. The van der Waals surface area contributed by atoms with Crippen molar-refractivity contribution in [3.05, 3.63) is 53.0 Å². The molecule has 31 heavy (non-hydrogen) atoms. The number of hydrogen-bond acceptors (Lipinski definition) is 5. The first-order valence-electron chi connectivity index (χ1n) is 9.25. The normalized spacial score (nSPS) is 11.3. The highest BCUT2D eigenvalue weighted by molar-refractivity contribution is 14.0. The summed E-state index contributed by atoms with van der Waals surface area (Å²) < 4.78 is 35.0. The Kier molecular flexibility index (Phi) is 9.98. The topological polar surface area (TPSA) is 100 Å². The summed E-state index contributed by atoms with van der Waals surface area (Å²) in [5.41, 5.74) is 0.457. The van der Waals surface area contributed by atoms with Crippen LogP contribution >= 0.6 is 35.6 Å². The fourth-order valence-electron chi connectivity index (χ4n) is 2.61. The van der Waals surface area contributed by atoms with Gasteiger partial charge in [-0.25, -0.2) is 9.98 Å². The zero-order chi connectivity index (χ0) is 21.3. The van der Waals surface area contributed by atoms with Gasteiger partial charge < -0.3 is 19.8 Å². The molecule has 0 spiro atoms. The molecule has 0 unspecified atom stereocenters. The SMILES string of the molecule is CCNC(=NCc1cc(Cl)ccc1OC(F)F)NCCc1nc(-c2ccco2)n[nH]1.I. The van der Waals surface area contributed by atoms with E-state index in [0.29, 0.717) is 53.5 Å². The van der Waals surface area contributed by atoms with Crippen LogP contribution in [0.15, 0.2) is 46.0 Å². The number of nitrogens with zero attached hydrogens (tertiary/aromatic N) is 3. The van der Waals surface area contributed by atoms with Crippen molar-refractivity contribution < 1.29 is 17.9 Å². The second-order valence-corrected chi connectivity index (χ2v) is 6.52. The third-order valence-corrected chi connectivity index (χ3v) is 4.15. The molecule has 12 heteroatoms. The van der Waals surface area contributed by atoms with Crippen LogP contribution in [0.25, 0.3) is 11.6 Å². The number of guanidine groups is 1. The summed E-state index contributed by atoms with van der Waals surface area (Å²) in [6, 6.07) is 7.99. The van der Waals surface area contributed by atoms with Crippen molar-refractivity contribution >= 4 is 41.5 Å². The first-order chi connectivity index (χ1) is 14.5. The van der Waals surface area contributed by atoms with Crippen LogP contribution < -0.4 is 15.4 Å². The van der Waals surface area contributed by atoms with E-state index in [-0.39, 0.29) is 36.3 Å². The average Bonchev–Trinajstić information content (AvgIpc) is 3.39. The minimum Gasteiger partial charge on any atom is -0.461 e. The van der Waals surface area contributed by atoms with Crippen molar-refractivity contribution in [3.8, 4) is 17.3 Å². The molecule has 0 saturated heterocycles. The van der Waals surface area contributed by atoms with Gasteiger partial charge in [-0.2, -0.15) is 13.9 Å². The highest BCUT2D eigenvalue weighted by atomic mass is 127. The van der Waals surface area contributed by atoms with E-state index in [9.17, 15) is 8.78 Å². The lowest BCUT2D eigenvalue weighted by atomic mass is 10.2. The maximum Gasteiger partial charge on any atom is 0.387 e. The molecule has 0 amide bonds. The number of H-pyrrole nitrogens is 1. The maximum absolute atomic E-state index is 12.6. The number of rotatable bonds is 9. The maximum atomic E-state index is 12.6. The number of aromatic amines is 1. The number of ether oxygens (including phenoxy) is 1. The zero-order valence-electron chi connectivity index (χ0n) is 16.6. The van der Waals surface area contributed by atoms with E-state index in [2.05, 4.69) is 35.5 Å². The molecular formula is C19H22ClF2IN6O2. The molecule has 1 aromatic carbocycles. The molecule has 8 nitrogen and oxygen atoms in total. The van der Waals surface area contributed by atoms with Crippen LogP contribution in [-0.2, 0) is 13.0 Å². The van der Waals surface area contributed by atoms with Gasteiger partial charge in [0.05, 0.1) is 12.8 Å². The summed E-state index contributed by atoms with van der Waals surface area (Å²) in [7, 11) is 0. The summed E-state index contributed by atoms with van der Waals surface area (Å²) in [6.45, 7) is 0.270. The van der Waals surface area contributed by atoms with Crippen LogP contribution in [0.4, 0.5) is 8.78 Å². The van der Waals surface area contributed by atoms with E-state index in [1.165, 1.54) is 12.1 Å². The van der Waals surface area contributed by atoms with Crippen LogP contribution in [0.3, 0.4) is 0 Å². The smallest absolute Gasteiger partial charge is 0.387 e. The van der Waals surface area contributed by atoms with Gasteiger partial charge in [-0.15, -0.1) is 24.0 Å². The van der Waals surface area contributed by atoms with E-state index < -0.39 is 6.61 Å². The summed E-state index contributed by atoms with van der Waals surface area (Å²) in [5.74, 6) is 2.33. The molecule has 3 rings (SSSR count). The summed E-state index contributed by atoms with van der Waals surface area (Å²) >= 11 is 5.97. The fraction of sp³-hybridized carbons (Fsp3) is 0.316. The summed E-state index contributed by atoms with van der Waals surface area (Å²) in [5, 5.41) is 13.7. The Morgan fingerprint density at radius 2 is 2.16 bits per heavy atom. The van der Waals surface area contributed by atoms with E-state index in [4.69, 9.17) is 16.0 Å². The van der Waals surface area contributed by atoms with E-state index in [1.54, 1.807) is 24.5 Å². The highest BCUT2D eigenvalue weighted by Gasteiger charge is 2.11. The lowest BCUT2D eigenvalue weighted by Gasteiger charge is -2.12. The van der Waals surface area contributed by atoms with Crippen molar-refractivity contribution in [2.45, 2.75) is 26.5 Å². The van der Waals surface area contributed by atoms with Gasteiger partial charge in [-0.1, -0.05) is 11.6 Å². The van der Waals surface area contributed by atoms with Crippen LogP contribution in [0.5, 0.6) is 5.75 Å². The molecule has 0 aliphatic carbocycles. The number of nitrogens with one attached hydrogen (secondary N) is 3. The highest BCUT2D eigenvalue weighted by Crippen LogP contribution is 2.25. The fourth-order valence-corrected chi connectivity index (χ4v) is 2.81. The molecule has 0 fully saturated rings. The molecule has 0 bridgehead atoms. The Bertz CT molecular complexity index is 968. The minimum atomic E-state index is -2.92. The van der Waals surface area contributed by atoms with Crippen molar-refractivity contribution in [1.82, 2.24) is 25.8 Å². The van der Waals surface area contributed by atoms with E-state index in [1.807, 2.05) is 6.92 Å². The number of aromatic nitrogens is 3. The Balaban J connectivity index is 0.00000341. The second-order valence-electron chi connectivity index (χ2n) is 6.09. The van der Waals surface area contributed by atoms with Crippen LogP contribution in [0.2, 0.25) is 5.02 Å². The van der Waals surface area contributed by atoms with Gasteiger partial charge in [0.1, 0.15) is 11.6 Å². The Morgan fingerprint density at radius 1 is 1.32 bits per heavy atom. The molecule has 2 aromatic heterocycles. The summed E-state index contributed by atoms with van der Waals surface area (Å²) in [6.07, 6.45) is 2.12. The molecule has 0 aliphatic heterocycles. The van der Waals surface area contributed by atoms with Crippen LogP contribution in [0.1, 0.15) is 18.3 Å². The monoisotopic (exact) mass is 566 g/mol. The number of aliphatic imine (C=N–C) groups is 1. The summed E-state index contributed by atoms with van der Waals surface area (Å²) in [4.78, 5) is 8.79. The Hall–Kier alpha value is -2.41. The van der Waals surface area contributed by atoms with Crippen molar-refractivity contribution in [2.75, 3.05) is 13.1 Å². The molecule has 168 valence electrons. The van der Waals surface area contributed by atoms with Crippen molar-refractivity contribution in [2.24, 2.45) is 4.99 Å². The third kappa shape index (κ3) is 7.65. The molecule has 0 atom stereocenters. The zero-order valence-corrected chi connectivity index (χ0v) is 19.7. The minimum absolute atomic E-state index is 0. The van der Waals surface area contributed by atoms with Crippen LogP contribution in [0, 0.1) is 0 Å². The first kappa shape index (κ1) is 24.9. The lowest BCUT2D eigenvalue weighted by molar-refractivity contribution is -0.0504. The van der Waals surface area contributed by atoms with E-state index >= 15 is 0 Å². The van der Waals surface area contributed by atoms with Crippen molar-refractivity contribution in [1.29, 1.82) is 0 Å². The number of furan rings is 1. The quantitative estimate of drug-likeness (QED) is 0.204. The van der Waals surface area contributed by atoms with Crippen molar-refractivity contribution in [3.63, 3.8) is 0 Å². The molecule has 0 radical (unpaired) electrons. The Morgan fingerprint density at radius 3 is 2.87 bits per heavy atom. The van der Waals surface area contributed by atoms with Gasteiger partial charge in [-0.3, -0.25) is 5.10 Å². The molecular weight excluding hydrogens is 545 g/mol. The molecule has 0 saturated carbocycles. The molecule has 3 aromatic rings. The molecule has 3 N–H and O–H groups in total. The second kappa shape index (κ2) is 12.4. The van der Waals surface area contributed by atoms with Gasteiger partial charge in [0.15, 0.2) is 11.7 Å². The van der Waals surface area contributed by atoms with Gasteiger partial charge >= 0.3 is 6.61 Å². The standard InChI is InChI=1S/C19H21ClF2N6O2.HI/c1-2-23-19(25-11-12-10-13(20)5-6-14(12)30-18(21)22)24-8-7-16-26-17(28-27-16)15-4-3-9-29-15;/h3-6,9-10,18H,2,7-8,11H2,1H3,(H2,23,24,25)(H,26,27,28);1H. The first-order valence-corrected chi connectivity index (χ1v) is 9.63. The van der Waals surface area contributed by atoms with Gasteiger partial charge in [0.2, 0.25) is 5.82 Å². The van der Waals surface area contributed by atoms with Gasteiger partial charge in [0.25, 0.3) is 0 Å². The number of benzene rings is 1. The Labute approximate surface area is 199 Å². The van der Waals surface area contributed by atoms with Gasteiger partial charge in [0, 0.05) is 30.1 Å². The third-order valence-electron chi connectivity index (χ3n) is 3.92. The number of hydrogen-bond donors (Lipinski definition) is 3. The van der Waals surface area contributed by atoms with E-state index in [0.717, 1.165) is 0 Å². The molecule has 2 heterocycles.